The number of likely N-dealkylation sites (N-methyl/N-ethyl adjacent to an activating group) is 1. The van der Waals surface area contributed by atoms with Gasteiger partial charge in [-0.3, -0.25) is 0 Å². The highest BCUT2D eigenvalue weighted by Gasteiger charge is 2.06. The lowest BCUT2D eigenvalue weighted by molar-refractivity contribution is 0.315. The monoisotopic (exact) mass is 208 g/mol. The lowest BCUT2D eigenvalue weighted by atomic mass is 10.1. The van der Waals surface area contributed by atoms with Gasteiger partial charge in [0.15, 0.2) is 0 Å². The van der Waals surface area contributed by atoms with Gasteiger partial charge in [0, 0.05) is 12.1 Å². The van der Waals surface area contributed by atoms with Crippen LogP contribution in [-0.2, 0) is 0 Å². The summed E-state index contributed by atoms with van der Waals surface area (Å²) in [6, 6.07) is 7.46. The summed E-state index contributed by atoms with van der Waals surface area (Å²) in [5.41, 5.74) is 1.49. The summed E-state index contributed by atoms with van der Waals surface area (Å²) in [5, 5.41) is 12.2. The van der Waals surface area contributed by atoms with Crippen molar-refractivity contribution in [1.29, 1.82) is 0 Å². The van der Waals surface area contributed by atoms with Gasteiger partial charge in [-0.1, -0.05) is 17.3 Å². The minimum Gasteiger partial charge on any atom is -0.497 e. The van der Waals surface area contributed by atoms with Crippen LogP contribution in [-0.4, -0.2) is 43.6 Å². The van der Waals surface area contributed by atoms with E-state index < -0.39 is 0 Å². The molecule has 4 heteroatoms. The van der Waals surface area contributed by atoms with E-state index in [0.29, 0.717) is 12.3 Å². The fourth-order valence-corrected chi connectivity index (χ4v) is 1.28. The fraction of sp³-hybridized carbons (Fsp3) is 0.364. The zero-order chi connectivity index (χ0) is 11.3. The average Bonchev–Trinajstić information content (AvgIpc) is 2.25. The van der Waals surface area contributed by atoms with E-state index in [-0.39, 0.29) is 0 Å². The third-order valence-corrected chi connectivity index (χ3v) is 1.99. The maximum atomic E-state index is 8.91. The van der Waals surface area contributed by atoms with Crippen molar-refractivity contribution in [3.63, 3.8) is 0 Å². The summed E-state index contributed by atoms with van der Waals surface area (Å²) in [5.74, 6) is 0.757. The largest absolute Gasteiger partial charge is 0.497 e. The van der Waals surface area contributed by atoms with Crippen LogP contribution >= 0.6 is 0 Å². The molecule has 1 N–H and O–H groups in total. The summed E-state index contributed by atoms with van der Waals surface area (Å²) < 4.78 is 5.10. The summed E-state index contributed by atoms with van der Waals surface area (Å²) in [6.07, 6.45) is 0. The van der Waals surface area contributed by atoms with Crippen LogP contribution in [0.4, 0.5) is 0 Å². The van der Waals surface area contributed by atoms with Gasteiger partial charge in [-0.2, -0.15) is 0 Å². The molecule has 0 heterocycles. The second-order valence-corrected chi connectivity index (χ2v) is 3.52. The van der Waals surface area contributed by atoms with Crippen molar-refractivity contribution < 1.29 is 9.94 Å². The summed E-state index contributed by atoms with van der Waals surface area (Å²) in [4.78, 5) is 1.94. The Morgan fingerprint density at radius 2 is 2.20 bits per heavy atom. The van der Waals surface area contributed by atoms with Gasteiger partial charge < -0.3 is 14.8 Å². The average molecular weight is 208 g/mol. The molecule has 0 spiro atoms. The highest BCUT2D eigenvalue weighted by atomic mass is 16.5. The van der Waals surface area contributed by atoms with E-state index in [1.54, 1.807) is 7.11 Å². The summed E-state index contributed by atoms with van der Waals surface area (Å²) in [7, 11) is 5.46. The van der Waals surface area contributed by atoms with Crippen LogP contribution in [0.15, 0.2) is 29.4 Å². The highest BCUT2D eigenvalue weighted by molar-refractivity contribution is 6.01. The third kappa shape index (κ3) is 3.25. The normalized spacial score (nSPS) is 11.9. The van der Waals surface area contributed by atoms with Gasteiger partial charge in [0.05, 0.1) is 7.11 Å². The molecule has 1 aromatic carbocycles. The van der Waals surface area contributed by atoms with E-state index in [4.69, 9.17) is 9.94 Å². The summed E-state index contributed by atoms with van der Waals surface area (Å²) >= 11 is 0. The topological polar surface area (TPSA) is 45.1 Å². The van der Waals surface area contributed by atoms with Gasteiger partial charge in [-0.15, -0.1) is 0 Å². The maximum Gasteiger partial charge on any atom is 0.119 e. The van der Waals surface area contributed by atoms with E-state index in [0.717, 1.165) is 11.3 Å². The van der Waals surface area contributed by atoms with E-state index in [9.17, 15) is 0 Å². The van der Waals surface area contributed by atoms with Crippen LogP contribution in [0.3, 0.4) is 0 Å². The molecule has 82 valence electrons. The van der Waals surface area contributed by atoms with Crippen LogP contribution in [0.2, 0.25) is 0 Å². The van der Waals surface area contributed by atoms with Crippen molar-refractivity contribution >= 4 is 5.71 Å². The first-order chi connectivity index (χ1) is 7.17. The Bertz CT molecular complexity index is 348. The Kier molecular flexibility index (Phi) is 4.12. The van der Waals surface area contributed by atoms with Gasteiger partial charge >= 0.3 is 0 Å². The molecule has 0 saturated carbocycles. The lowest BCUT2D eigenvalue weighted by Crippen LogP contribution is -2.22. The first-order valence-electron chi connectivity index (χ1n) is 4.67. The number of benzene rings is 1. The molecule has 0 aromatic heterocycles. The SMILES string of the molecule is COc1cccc(/C(CN(C)C)=N\O)c1. The fourth-order valence-electron chi connectivity index (χ4n) is 1.28. The Hall–Kier alpha value is -1.55. The van der Waals surface area contributed by atoms with Crippen molar-refractivity contribution in [3.8, 4) is 5.75 Å². The molecule has 0 saturated heterocycles. The predicted molar refractivity (Wildman–Crippen MR) is 59.9 cm³/mol. The van der Waals surface area contributed by atoms with Gasteiger partial charge in [-0.25, -0.2) is 0 Å². The molecule has 0 aliphatic heterocycles. The minimum absolute atomic E-state index is 0.587. The van der Waals surface area contributed by atoms with E-state index in [1.165, 1.54) is 0 Å². The molecular weight excluding hydrogens is 192 g/mol. The van der Waals surface area contributed by atoms with Crippen molar-refractivity contribution in [2.75, 3.05) is 27.7 Å². The molecule has 15 heavy (non-hydrogen) atoms. The van der Waals surface area contributed by atoms with Crippen molar-refractivity contribution in [1.82, 2.24) is 4.90 Å². The molecule has 0 aliphatic carbocycles. The van der Waals surface area contributed by atoms with Crippen molar-refractivity contribution in [3.05, 3.63) is 29.8 Å². The molecule has 0 fully saturated rings. The quantitative estimate of drug-likeness (QED) is 0.462. The zero-order valence-corrected chi connectivity index (χ0v) is 9.27. The number of hydrogen-bond donors (Lipinski definition) is 1. The van der Waals surface area contributed by atoms with Crippen LogP contribution in [0.1, 0.15) is 5.56 Å². The molecule has 0 bridgehead atoms. The van der Waals surface area contributed by atoms with E-state index in [1.807, 2.05) is 43.3 Å². The van der Waals surface area contributed by atoms with Gasteiger partial charge in [-0.05, 0) is 26.2 Å². The molecule has 4 nitrogen and oxygen atoms in total. The first kappa shape index (κ1) is 11.5. The molecule has 0 aliphatic rings. The number of methoxy groups -OCH3 is 1. The van der Waals surface area contributed by atoms with Gasteiger partial charge in [0.1, 0.15) is 11.5 Å². The Balaban J connectivity index is 2.92. The standard InChI is InChI=1S/C11H16N2O2/c1-13(2)8-11(12-14)9-5-4-6-10(7-9)15-3/h4-7,14H,8H2,1-3H3/b12-11-. The number of nitrogens with zero attached hydrogens (tertiary/aromatic N) is 2. The molecule has 0 atom stereocenters. The van der Waals surface area contributed by atoms with Crippen LogP contribution in [0.5, 0.6) is 5.75 Å². The van der Waals surface area contributed by atoms with E-state index >= 15 is 0 Å². The van der Waals surface area contributed by atoms with Crippen molar-refractivity contribution in [2.45, 2.75) is 0 Å². The highest BCUT2D eigenvalue weighted by Crippen LogP contribution is 2.13. The molecule has 0 amide bonds. The predicted octanol–water partition coefficient (Wildman–Crippen LogP) is 1.44. The van der Waals surface area contributed by atoms with Crippen LogP contribution in [0, 0.1) is 0 Å². The third-order valence-electron chi connectivity index (χ3n) is 1.99. The van der Waals surface area contributed by atoms with E-state index in [2.05, 4.69) is 5.16 Å². The van der Waals surface area contributed by atoms with Crippen LogP contribution in [0.25, 0.3) is 0 Å². The molecule has 1 aromatic rings. The minimum atomic E-state index is 0.587. The Labute approximate surface area is 89.8 Å². The van der Waals surface area contributed by atoms with Gasteiger partial charge in [0.25, 0.3) is 0 Å². The van der Waals surface area contributed by atoms with Crippen LogP contribution < -0.4 is 4.74 Å². The van der Waals surface area contributed by atoms with Crippen molar-refractivity contribution in [2.24, 2.45) is 5.16 Å². The molecular formula is C11H16N2O2. The number of oxime groups is 1. The molecule has 1 rings (SSSR count). The summed E-state index contributed by atoms with van der Waals surface area (Å²) in [6.45, 7) is 0.587. The maximum absolute atomic E-state index is 8.91. The lowest BCUT2D eigenvalue weighted by Gasteiger charge is -2.11. The smallest absolute Gasteiger partial charge is 0.119 e. The molecule has 0 unspecified atom stereocenters. The van der Waals surface area contributed by atoms with Gasteiger partial charge in [0.2, 0.25) is 0 Å². The Morgan fingerprint density at radius 3 is 2.73 bits per heavy atom. The number of hydrogen-bond acceptors (Lipinski definition) is 4. The Morgan fingerprint density at radius 1 is 1.47 bits per heavy atom. The number of ether oxygens (including phenoxy) is 1. The second kappa shape index (κ2) is 5.36. The first-order valence-corrected chi connectivity index (χ1v) is 4.67. The second-order valence-electron chi connectivity index (χ2n) is 3.52. The molecule has 0 radical (unpaired) electrons. The number of rotatable bonds is 4. The zero-order valence-electron chi connectivity index (χ0n) is 9.27.